The number of hydrogen-bond acceptors (Lipinski definition) is 6. The summed E-state index contributed by atoms with van der Waals surface area (Å²) >= 11 is 0. The average Bonchev–Trinajstić information content (AvgIpc) is 3.25. The number of anilines is 1. The molecule has 3 aromatic rings. The highest BCUT2D eigenvalue weighted by Crippen LogP contribution is 2.32. The van der Waals surface area contributed by atoms with Gasteiger partial charge in [0.2, 0.25) is 11.7 Å². The van der Waals surface area contributed by atoms with Gasteiger partial charge in [0.15, 0.2) is 0 Å². The number of hydrogen-bond donors (Lipinski definition) is 1. The van der Waals surface area contributed by atoms with Gasteiger partial charge >= 0.3 is 6.03 Å². The van der Waals surface area contributed by atoms with Crippen LogP contribution in [0.25, 0.3) is 11.4 Å². The first kappa shape index (κ1) is 19.6. The molecule has 0 spiro atoms. The number of carbonyl (C=O) groups is 1. The lowest BCUT2D eigenvalue weighted by Crippen LogP contribution is -2.41. The highest BCUT2D eigenvalue weighted by atomic mass is 16.6. The number of non-ortho nitro benzene ring substituents is 1. The van der Waals surface area contributed by atoms with Crippen LogP contribution in [0.5, 0.6) is 0 Å². The second-order valence-corrected chi connectivity index (χ2v) is 7.26. The Hall–Kier alpha value is -3.75. The van der Waals surface area contributed by atoms with Crippen LogP contribution in [0.1, 0.15) is 36.8 Å². The van der Waals surface area contributed by atoms with Gasteiger partial charge in [0, 0.05) is 29.9 Å². The van der Waals surface area contributed by atoms with Crippen molar-refractivity contribution >= 4 is 17.4 Å². The van der Waals surface area contributed by atoms with E-state index < -0.39 is 4.92 Å². The molecule has 1 saturated heterocycles. The number of benzene rings is 2. The first-order valence-electron chi connectivity index (χ1n) is 9.74. The zero-order chi connectivity index (χ0) is 21.1. The van der Waals surface area contributed by atoms with Gasteiger partial charge in [-0.3, -0.25) is 10.1 Å². The van der Waals surface area contributed by atoms with Crippen molar-refractivity contribution in [3.05, 3.63) is 70.1 Å². The molecule has 1 atom stereocenters. The topological polar surface area (TPSA) is 114 Å². The van der Waals surface area contributed by atoms with Crippen molar-refractivity contribution in [1.82, 2.24) is 15.0 Å². The second-order valence-electron chi connectivity index (χ2n) is 7.26. The van der Waals surface area contributed by atoms with Crippen LogP contribution in [-0.2, 0) is 0 Å². The van der Waals surface area contributed by atoms with E-state index in [1.54, 1.807) is 4.90 Å². The minimum Gasteiger partial charge on any atom is -0.337 e. The number of nitro benzene ring substituents is 1. The zero-order valence-corrected chi connectivity index (χ0v) is 16.4. The molecule has 0 aliphatic carbocycles. The Balaban J connectivity index is 1.50. The van der Waals surface area contributed by atoms with Gasteiger partial charge in [-0.15, -0.1) is 0 Å². The van der Waals surface area contributed by atoms with Crippen molar-refractivity contribution in [3.63, 3.8) is 0 Å². The number of nitrogens with zero attached hydrogens (tertiary/aromatic N) is 4. The van der Waals surface area contributed by atoms with Crippen LogP contribution < -0.4 is 5.32 Å². The summed E-state index contributed by atoms with van der Waals surface area (Å²) < 4.78 is 5.50. The summed E-state index contributed by atoms with van der Waals surface area (Å²) in [6.07, 6.45) is 2.56. The smallest absolute Gasteiger partial charge is 0.322 e. The first-order chi connectivity index (χ1) is 14.5. The van der Waals surface area contributed by atoms with E-state index >= 15 is 0 Å². The fourth-order valence-corrected chi connectivity index (χ4v) is 3.48. The van der Waals surface area contributed by atoms with Gasteiger partial charge in [-0.1, -0.05) is 35.0 Å². The van der Waals surface area contributed by atoms with E-state index in [-0.39, 0.29) is 17.8 Å². The molecule has 1 unspecified atom stereocenters. The van der Waals surface area contributed by atoms with E-state index in [4.69, 9.17) is 4.52 Å². The normalized spacial score (nSPS) is 16.3. The van der Waals surface area contributed by atoms with E-state index in [9.17, 15) is 14.9 Å². The van der Waals surface area contributed by atoms with E-state index in [1.807, 2.05) is 31.2 Å². The minimum atomic E-state index is -0.479. The van der Waals surface area contributed by atoms with Crippen LogP contribution in [0.2, 0.25) is 0 Å². The van der Waals surface area contributed by atoms with Gasteiger partial charge in [0.05, 0.1) is 4.92 Å². The third-order valence-electron chi connectivity index (χ3n) is 5.13. The molecule has 0 bridgehead atoms. The number of rotatable bonds is 4. The maximum absolute atomic E-state index is 12.9. The minimum absolute atomic E-state index is 0.0293. The molecule has 2 heterocycles. The fourth-order valence-electron chi connectivity index (χ4n) is 3.48. The third-order valence-corrected chi connectivity index (χ3v) is 5.13. The molecule has 2 amide bonds. The number of amides is 2. The summed E-state index contributed by atoms with van der Waals surface area (Å²) in [5, 5.41) is 17.7. The molecular weight excluding hydrogens is 386 g/mol. The largest absolute Gasteiger partial charge is 0.337 e. The Labute approximate surface area is 172 Å². The number of aromatic nitrogens is 2. The maximum Gasteiger partial charge on any atom is 0.322 e. The van der Waals surface area contributed by atoms with Crippen LogP contribution >= 0.6 is 0 Å². The predicted molar refractivity (Wildman–Crippen MR) is 110 cm³/mol. The van der Waals surface area contributed by atoms with E-state index in [0.29, 0.717) is 23.9 Å². The third kappa shape index (κ3) is 4.14. The van der Waals surface area contributed by atoms with Crippen molar-refractivity contribution in [2.75, 3.05) is 11.9 Å². The Morgan fingerprint density at radius 2 is 1.90 bits per heavy atom. The molecular formula is C21H21N5O4. The highest BCUT2D eigenvalue weighted by molar-refractivity contribution is 5.89. The second kappa shape index (κ2) is 8.32. The Morgan fingerprint density at radius 3 is 2.60 bits per heavy atom. The molecule has 0 radical (unpaired) electrons. The fraction of sp³-hybridized carbons (Fsp3) is 0.286. The number of aryl methyl sites for hydroxylation is 1. The summed E-state index contributed by atoms with van der Waals surface area (Å²) in [5.41, 5.74) is 2.45. The summed E-state index contributed by atoms with van der Waals surface area (Å²) in [6, 6.07) is 12.9. The van der Waals surface area contributed by atoms with Crippen molar-refractivity contribution in [1.29, 1.82) is 0 Å². The van der Waals surface area contributed by atoms with Gasteiger partial charge in [0.25, 0.3) is 5.69 Å². The number of urea groups is 1. The van der Waals surface area contributed by atoms with Gasteiger partial charge in [-0.25, -0.2) is 4.79 Å². The Bertz CT molecular complexity index is 1050. The van der Waals surface area contributed by atoms with Crippen molar-refractivity contribution in [3.8, 4) is 11.4 Å². The van der Waals surface area contributed by atoms with Crippen LogP contribution in [0.3, 0.4) is 0 Å². The standard InChI is InChI=1S/C21H21N5O4/c1-14-5-7-15(8-6-14)19-23-20(30-24-19)18-4-2-3-13-25(18)21(27)22-16-9-11-17(12-10-16)26(28)29/h5-12,18H,2-4,13H2,1H3,(H,22,27). The van der Waals surface area contributed by atoms with Crippen molar-refractivity contribution in [2.45, 2.75) is 32.2 Å². The molecule has 9 heteroatoms. The molecule has 1 aliphatic rings. The molecule has 4 rings (SSSR count). The predicted octanol–water partition coefficient (Wildman–Crippen LogP) is 4.71. The lowest BCUT2D eigenvalue weighted by atomic mass is 10.0. The molecule has 30 heavy (non-hydrogen) atoms. The highest BCUT2D eigenvalue weighted by Gasteiger charge is 2.32. The molecule has 0 saturated carbocycles. The van der Waals surface area contributed by atoms with Crippen LogP contribution in [-0.4, -0.2) is 32.5 Å². The molecule has 2 aromatic carbocycles. The van der Waals surface area contributed by atoms with Gasteiger partial charge in [-0.05, 0) is 38.3 Å². The molecule has 154 valence electrons. The molecule has 1 aliphatic heterocycles. The maximum atomic E-state index is 12.9. The number of piperidine rings is 1. The molecule has 1 fully saturated rings. The monoisotopic (exact) mass is 407 g/mol. The molecule has 1 aromatic heterocycles. The number of carbonyl (C=O) groups excluding carboxylic acids is 1. The van der Waals surface area contributed by atoms with Gasteiger partial charge < -0.3 is 14.7 Å². The summed E-state index contributed by atoms with van der Waals surface area (Å²) in [7, 11) is 0. The summed E-state index contributed by atoms with van der Waals surface area (Å²) in [5.74, 6) is 0.899. The molecule has 9 nitrogen and oxygen atoms in total. The zero-order valence-electron chi connectivity index (χ0n) is 16.4. The quantitative estimate of drug-likeness (QED) is 0.495. The average molecular weight is 407 g/mol. The van der Waals surface area contributed by atoms with Gasteiger partial charge in [-0.2, -0.15) is 4.98 Å². The SMILES string of the molecule is Cc1ccc(-c2noc(C3CCCCN3C(=O)Nc3ccc([N+](=O)[O-])cc3)n2)cc1. The van der Waals surface area contributed by atoms with Crippen molar-refractivity contribution in [2.24, 2.45) is 0 Å². The lowest BCUT2D eigenvalue weighted by molar-refractivity contribution is -0.384. The Morgan fingerprint density at radius 1 is 1.17 bits per heavy atom. The summed E-state index contributed by atoms with van der Waals surface area (Å²) in [6.45, 7) is 2.57. The van der Waals surface area contributed by atoms with Gasteiger partial charge in [0.1, 0.15) is 6.04 Å². The van der Waals surface area contributed by atoms with E-state index in [2.05, 4.69) is 15.5 Å². The van der Waals surface area contributed by atoms with Crippen molar-refractivity contribution < 1.29 is 14.2 Å². The van der Waals surface area contributed by atoms with Crippen LogP contribution in [0.15, 0.2) is 53.1 Å². The van der Waals surface area contributed by atoms with Crippen LogP contribution in [0.4, 0.5) is 16.2 Å². The summed E-state index contributed by atoms with van der Waals surface area (Å²) in [4.78, 5) is 29.4. The first-order valence-corrected chi connectivity index (χ1v) is 9.74. The Kier molecular flexibility index (Phi) is 5.42. The lowest BCUT2D eigenvalue weighted by Gasteiger charge is -2.33. The van der Waals surface area contributed by atoms with E-state index in [1.165, 1.54) is 24.3 Å². The number of likely N-dealkylation sites (tertiary alicyclic amines) is 1. The number of nitro groups is 1. The molecule has 1 N–H and O–H groups in total. The van der Waals surface area contributed by atoms with Crippen LogP contribution in [0, 0.1) is 17.0 Å². The number of nitrogens with one attached hydrogen (secondary N) is 1. The van der Waals surface area contributed by atoms with E-state index in [0.717, 1.165) is 30.4 Å².